The molecule has 1 aromatic carbocycles. The Balaban J connectivity index is 1.91. The van der Waals surface area contributed by atoms with Crippen LogP contribution < -0.4 is 10.5 Å². The van der Waals surface area contributed by atoms with Gasteiger partial charge in [0.25, 0.3) is 0 Å². The van der Waals surface area contributed by atoms with E-state index in [2.05, 4.69) is 15.9 Å². The number of amides is 1. The number of methoxy groups -OCH3 is 1. The number of aryl methyl sites for hydroxylation is 1. The van der Waals surface area contributed by atoms with Gasteiger partial charge in [-0.2, -0.15) is 0 Å². The van der Waals surface area contributed by atoms with Crippen molar-refractivity contribution in [1.29, 1.82) is 0 Å². The zero-order valence-corrected chi connectivity index (χ0v) is 13.4. The molecule has 0 bridgehead atoms. The molecular weight excluding hydrogens is 320 g/mol. The van der Waals surface area contributed by atoms with Crippen LogP contribution in [-0.2, 0) is 11.2 Å². The molecule has 1 fully saturated rings. The Morgan fingerprint density at radius 1 is 1.55 bits per heavy atom. The van der Waals surface area contributed by atoms with Gasteiger partial charge in [-0.1, -0.05) is 6.07 Å². The molecule has 0 spiro atoms. The van der Waals surface area contributed by atoms with E-state index in [1.165, 1.54) is 0 Å². The second-order valence-electron chi connectivity index (χ2n) is 5.09. The first-order valence-electron chi connectivity index (χ1n) is 6.97. The number of nitrogens with two attached hydrogens (primary N) is 1. The van der Waals surface area contributed by atoms with Gasteiger partial charge in [-0.15, -0.1) is 0 Å². The average molecular weight is 341 g/mol. The summed E-state index contributed by atoms with van der Waals surface area (Å²) in [5.74, 6) is 1.02. The molecule has 0 aromatic heterocycles. The zero-order valence-electron chi connectivity index (χ0n) is 11.8. The minimum absolute atomic E-state index is 0.213. The zero-order chi connectivity index (χ0) is 14.5. The number of nitrogens with zero attached hydrogens (tertiary/aromatic N) is 1. The number of benzene rings is 1. The Kier molecular flexibility index (Phi) is 5.43. The molecule has 5 heteroatoms. The van der Waals surface area contributed by atoms with Crippen molar-refractivity contribution in [2.45, 2.75) is 31.7 Å². The third kappa shape index (κ3) is 3.52. The number of hydrogen-bond acceptors (Lipinski definition) is 3. The summed E-state index contributed by atoms with van der Waals surface area (Å²) in [4.78, 5) is 14.2. The molecule has 2 rings (SSSR count). The van der Waals surface area contributed by atoms with Crippen molar-refractivity contribution < 1.29 is 9.53 Å². The molecule has 20 heavy (non-hydrogen) atoms. The number of ether oxygens (including phenoxy) is 1. The molecular formula is C15H21BrN2O2. The Labute approximate surface area is 128 Å². The largest absolute Gasteiger partial charge is 0.496 e. The molecule has 0 saturated carbocycles. The summed E-state index contributed by atoms with van der Waals surface area (Å²) < 4.78 is 6.12. The Morgan fingerprint density at radius 3 is 3.00 bits per heavy atom. The van der Waals surface area contributed by atoms with Crippen LogP contribution in [0.5, 0.6) is 5.75 Å². The fraction of sp³-hybridized carbons (Fsp3) is 0.533. The fourth-order valence-corrected chi connectivity index (χ4v) is 3.26. The monoisotopic (exact) mass is 340 g/mol. The predicted octanol–water partition coefficient (Wildman–Crippen LogP) is 2.34. The van der Waals surface area contributed by atoms with E-state index in [9.17, 15) is 4.79 Å². The highest BCUT2D eigenvalue weighted by molar-refractivity contribution is 9.10. The van der Waals surface area contributed by atoms with Crippen molar-refractivity contribution in [3.63, 3.8) is 0 Å². The van der Waals surface area contributed by atoms with Gasteiger partial charge in [0.2, 0.25) is 5.91 Å². The second-order valence-corrected chi connectivity index (χ2v) is 5.94. The Bertz CT molecular complexity index is 479. The van der Waals surface area contributed by atoms with Crippen LogP contribution in [0.3, 0.4) is 0 Å². The number of carbonyl (C=O) groups is 1. The highest BCUT2D eigenvalue weighted by atomic mass is 79.9. The summed E-state index contributed by atoms with van der Waals surface area (Å²) in [5, 5.41) is 0. The van der Waals surface area contributed by atoms with E-state index >= 15 is 0 Å². The molecule has 1 unspecified atom stereocenters. The van der Waals surface area contributed by atoms with E-state index in [0.717, 1.165) is 41.6 Å². The molecule has 2 N–H and O–H groups in total. The number of rotatable bonds is 5. The maximum absolute atomic E-state index is 12.2. The van der Waals surface area contributed by atoms with E-state index in [4.69, 9.17) is 10.5 Å². The van der Waals surface area contributed by atoms with Crippen molar-refractivity contribution in [2.75, 3.05) is 20.2 Å². The van der Waals surface area contributed by atoms with Gasteiger partial charge < -0.3 is 15.4 Å². The molecule has 110 valence electrons. The summed E-state index contributed by atoms with van der Waals surface area (Å²) in [6.07, 6.45) is 3.39. The smallest absolute Gasteiger partial charge is 0.223 e. The van der Waals surface area contributed by atoms with E-state index in [0.29, 0.717) is 13.0 Å². The number of halogens is 1. The predicted molar refractivity (Wildman–Crippen MR) is 82.8 cm³/mol. The molecule has 1 saturated heterocycles. The van der Waals surface area contributed by atoms with Crippen molar-refractivity contribution in [2.24, 2.45) is 5.73 Å². The minimum Gasteiger partial charge on any atom is -0.496 e. The van der Waals surface area contributed by atoms with Gasteiger partial charge in [-0.25, -0.2) is 0 Å². The van der Waals surface area contributed by atoms with Gasteiger partial charge in [-0.05, 0) is 52.9 Å². The van der Waals surface area contributed by atoms with E-state index in [1.807, 2.05) is 23.1 Å². The van der Waals surface area contributed by atoms with Crippen LogP contribution >= 0.6 is 15.9 Å². The minimum atomic E-state index is 0.213. The lowest BCUT2D eigenvalue weighted by atomic mass is 10.1. The molecule has 0 radical (unpaired) electrons. The van der Waals surface area contributed by atoms with E-state index in [-0.39, 0.29) is 11.9 Å². The van der Waals surface area contributed by atoms with Crippen LogP contribution in [0.25, 0.3) is 0 Å². The summed E-state index contributed by atoms with van der Waals surface area (Å²) in [7, 11) is 1.64. The molecule has 4 nitrogen and oxygen atoms in total. The molecule has 1 aromatic rings. The topological polar surface area (TPSA) is 55.6 Å². The van der Waals surface area contributed by atoms with Crippen molar-refractivity contribution in [3.8, 4) is 5.75 Å². The fourth-order valence-electron chi connectivity index (χ4n) is 2.67. The first kappa shape index (κ1) is 15.3. The molecule has 1 aliphatic heterocycles. The highest BCUT2D eigenvalue weighted by Crippen LogP contribution is 2.26. The number of likely N-dealkylation sites (tertiary alicyclic amines) is 1. The standard InChI is InChI=1S/C15H21BrN2O2/c1-20-14-6-4-11(9-13(14)16)5-7-15(19)18-8-2-3-12(18)10-17/h4,6,9,12H,2-3,5,7-8,10,17H2,1H3. The first-order valence-corrected chi connectivity index (χ1v) is 7.77. The summed E-state index contributed by atoms with van der Waals surface area (Å²) in [5.41, 5.74) is 6.84. The van der Waals surface area contributed by atoms with Crippen LogP contribution in [0.15, 0.2) is 22.7 Å². The van der Waals surface area contributed by atoms with Gasteiger partial charge >= 0.3 is 0 Å². The maximum atomic E-state index is 12.2. The third-order valence-electron chi connectivity index (χ3n) is 3.81. The van der Waals surface area contributed by atoms with Crippen LogP contribution in [0.2, 0.25) is 0 Å². The van der Waals surface area contributed by atoms with Gasteiger partial charge in [0, 0.05) is 25.6 Å². The molecule has 1 amide bonds. The lowest BCUT2D eigenvalue weighted by Crippen LogP contribution is -2.39. The van der Waals surface area contributed by atoms with Gasteiger partial charge in [0.15, 0.2) is 0 Å². The second kappa shape index (κ2) is 7.09. The van der Waals surface area contributed by atoms with Crippen LogP contribution in [-0.4, -0.2) is 37.0 Å². The normalized spacial score (nSPS) is 18.4. The first-order chi connectivity index (χ1) is 9.65. The van der Waals surface area contributed by atoms with Crippen LogP contribution in [0.4, 0.5) is 0 Å². The molecule has 1 aliphatic rings. The molecule has 1 heterocycles. The summed E-state index contributed by atoms with van der Waals surface area (Å²) in [6.45, 7) is 1.42. The van der Waals surface area contributed by atoms with Crippen LogP contribution in [0, 0.1) is 0 Å². The number of hydrogen-bond donors (Lipinski definition) is 1. The average Bonchev–Trinajstić information content (AvgIpc) is 2.93. The van der Waals surface area contributed by atoms with E-state index in [1.54, 1.807) is 7.11 Å². The molecule has 0 aliphatic carbocycles. The van der Waals surface area contributed by atoms with E-state index < -0.39 is 0 Å². The third-order valence-corrected chi connectivity index (χ3v) is 4.43. The summed E-state index contributed by atoms with van der Waals surface area (Å²) >= 11 is 3.46. The summed E-state index contributed by atoms with van der Waals surface area (Å²) in [6, 6.07) is 6.17. The van der Waals surface area contributed by atoms with Crippen molar-refractivity contribution in [3.05, 3.63) is 28.2 Å². The maximum Gasteiger partial charge on any atom is 0.223 e. The number of carbonyl (C=O) groups excluding carboxylic acids is 1. The van der Waals surface area contributed by atoms with Crippen molar-refractivity contribution >= 4 is 21.8 Å². The van der Waals surface area contributed by atoms with Gasteiger partial charge in [0.1, 0.15) is 5.75 Å². The SMILES string of the molecule is COc1ccc(CCC(=O)N2CCCC2CN)cc1Br. The lowest BCUT2D eigenvalue weighted by molar-refractivity contribution is -0.131. The highest BCUT2D eigenvalue weighted by Gasteiger charge is 2.26. The quantitative estimate of drug-likeness (QED) is 0.894. The molecule has 1 atom stereocenters. The van der Waals surface area contributed by atoms with Crippen LogP contribution in [0.1, 0.15) is 24.8 Å². The lowest BCUT2D eigenvalue weighted by Gasteiger charge is -2.23. The van der Waals surface area contributed by atoms with Gasteiger partial charge in [0.05, 0.1) is 11.6 Å². The Hall–Kier alpha value is -1.07. The van der Waals surface area contributed by atoms with Crippen molar-refractivity contribution in [1.82, 2.24) is 4.90 Å². The van der Waals surface area contributed by atoms with Gasteiger partial charge in [-0.3, -0.25) is 4.79 Å². The Morgan fingerprint density at radius 2 is 2.35 bits per heavy atom.